The van der Waals surface area contributed by atoms with Gasteiger partial charge in [-0.2, -0.15) is 0 Å². The Bertz CT molecular complexity index is 841. The van der Waals surface area contributed by atoms with Gasteiger partial charge in [-0.3, -0.25) is 19.2 Å². The second-order valence-electron chi connectivity index (χ2n) is 8.76. The van der Waals surface area contributed by atoms with E-state index in [4.69, 9.17) is 11.5 Å². The fraction of sp³-hybridized carbons (Fsp3) is 0.545. The van der Waals surface area contributed by atoms with Crippen LogP contribution in [-0.2, 0) is 25.6 Å². The van der Waals surface area contributed by atoms with Crippen LogP contribution in [0.1, 0.15) is 38.7 Å². The van der Waals surface area contributed by atoms with Gasteiger partial charge >= 0.3 is 7.12 Å². The van der Waals surface area contributed by atoms with E-state index in [-0.39, 0.29) is 31.6 Å². The molecule has 13 heteroatoms. The van der Waals surface area contributed by atoms with Gasteiger partial charge in [0.1, 0.15) is 12.1 Å². The number of aliphatic hydroxyl groups excluding tert-OH is 1. The van der Waals surface area contributed by atoms with E-state index in [1.165, 1.54) is 0 Å². The maximum atomic E-state index is 13.0. The molecule has 0 aliphatic rings. The van der Waals surface area contributed by atoms with E-state index in [0.29, 0.717) is 0 Å². The molecule has 0 aliphatic heterocycles. The van der Waals surface area contributed by atoms with Crippen molar-refractivity contribution in [3.05, 3.63) is 35.9 Å². The SMILES string of the molecule is CC(C)C[C@H](NC(=O)[C@H](Cc1ccccc1)NC(=O)[C@H](CO)NC(=O)[C@@H](N)CCC(N)=O)B(O)O. The Morgan fingerprint density at radius 1 is 0.943 bits per heavy atom. The lowest BCUT2D eigenvalue weighted by Crippen LogP contribution is -2.59. The lowest BCUT2D eigenvalue weighted by atomic mass is 9.75. The molecule has 0 aromatic heterocycles. The zero-order valence-electron chi connectivity index (χ0n) is 20.0. The number of primary amides is 1. The molecule has 1 aromatic carbocycles. The van der Waals surface area contributed by atoms with E-state index in [0.717, 1.165) is 5.56 Å². The second-order valence-corrected chi connectivity index (χ2v) is 8.76. The zero-order valence-corrected chi connectivity index (χ0v) is 20.0. The molecule has 0 radical (unpaired) electrons. The predicted molar refractivity (Wildman–Crippen MR) is 129 cm³/mol. The normalized spacial score (nSPS) is 14.4. The Kier molecular flexibility index (Phi) is 13.0. The minimum absolute atomic E-state index is 0.0410. The molecule has 0 saturated carbocycles. The van der Waals surface area contributed by atoms with Crippen LogP contribution in [0.5, 0.6) is 0 Å². The van der Waals surface area contributed by atoms with Crippen LogP contribution in [0.4, 0.5) is 0 Å². The summed E-state index contributed by atoms with van der Waals surface area (Å²) in [5.41, 5.74) is 11.5. The highest BCUT2D eigenvalue weighted by atomic mass is 16.4. The van der Waals surface area contributed by atoms with Crippen LogP contribution < -0.4 is 27.4 Å². The van der Waals surface area contributed by atoms with Crippen molar-refractivity contribution >= 4 is 30.7 Å². The molecule has 1 aromatic rings. The highest BCUT2D eigenvalue weighted by Gasteiger charge is 2.32. The van der Waals surface area contributed by atoms with Gasteiger partial charge in [-0.15, -0.1) is 0 Å². The summed E-state index contributed by atoms with van der Waals surface area (Å²) in [6.45, 7) is 2.94. The molecule has 0 fully saturated rings. The third-order valence-electron chi connectivity index (χ3n) is 5.18. The third kappa shape index (κ3) is 11.3. The van der Waals surface area contributed by atoms with Gasteiger partial charge in [0.05, 0.1) is 18.6 Å². The largest absolute Gasteiger partial charge is 0.475 e. The van der Waals surface area contributed by atoms with Crippen LogP contribution >= 0.6 is 0 Å². The average Bonchev–Trinajstić information content (AvgIpc) is 2.79. The van der Waals surface area contributed by atoms with Crippen molar-refractivity contribution in [1.82, 2.24) is 16.0 Å². The second kappa shape index (κ2) is 15.1. The first-order valence-electron chi connectivity index (χ1n) is 11.4. The molecule has 0 aliphatic carbocycles. The number of aliphatic hydroxyl groups is 1. The third-order valence-corrected chi connectivity index (χ3v) is 5.18. The topological polar surface area (TPSA) is 217 Å². The Morgan fingerprint density at radius 3 is 2.03 bits per heavy atom. The monoisotopic (exact) mass is 493 g/mol. The maximum Gasteiger partial charge on any atom is 0.475 e. The fourth-order valence-corrected chi connectivity index (χ4v) is 3.28. The molecule has 194 valence electrons. The molecule has 4 atom stereocenters. The molecule has 35 heavy (non-hydrogen) atoms. The maximum absolute atomic E-state index is 13.0. The summed E-state index contributed by atoms with van der Waals surface area (Å²) in [4.78, 5) is 49.0. The number of hydrogen-bond donors (Lipinski definition) is 8. The van der Waals surface area contributed by atoms with Crippen LogP contribution in [0.25, 0.3) is 0 Å². The average molecular weight is 493 g/mol. The molecule has 4 amide bonds. The summed E-state index contributed by atoms with van der Waals surface area (Å²) < 4.78 is 0. The van der Waals surface area contributed by atoms with Crippen LogP contribution in [0.3, 0.4) is 0 Å². The van der Waals surface area contributed by atoms with E-state index < -0.39 is 61.4 Å². The van der Waals surface area contributed by atoms with Crippen molar-refractivity contribution in [1.29, 1.82) is 0 Å². The van der Waals surface area contributed by atoms with Gasteiger partial charge in [-0.1, -0.05) is 44.2 Å². The lowest BCUT2D eigenvalue weighted by Gasteiger charge is -2.26. The minimum atomic E-state index is -1.80. The van der Waals surface area contributed by atoms with Crippen molar-refractivity contribution in [2.45, 2.75) is 63.6 Å². The highest BCUT2D eigenvalue weighted by molar-refractivity contribution is 6.43. The number of nitrogens with two attached hydrogens (primary N) is 2. The Balaban J connectivity index is 2.97. The summed E-state index contributed by atoms with van der Waals surface area (Å²) in [6.07, 6.45) is 0.186. The van der Waals surface area contributed by atoms with E-state index in [1.807, 2.05) is 13.8 Å². The van der Waals surface area contributed by atoms with Crippen molar-refractivity contribution in [2.24, 2.45) is 17.4 Å². The number of nitrogens with one attached hydrogen (secondary N) is 3. The van der Waals surface area contributed by atoms with E-state index >= 15 is 0 Å². The van der Waals surface area contributed by atoms with Crippen molar-refractivity contribution < 1.29 is 34.3 Å². The molecule has 1 rings (SSSR count). The van der Waals surface area contributed by atoms with Gasteiger partial charge in [0.2, 0.25) is 23.6 Å². The Morgan fingerprint density at radius 2 is 1.51 bits per heavy atom. The molecule has 10 N–H and O–H groups in total. The summed E-state index contributed by atoms with van der Waals surface area (Å²) in [5.74, 6) is -3.83. The number of amides is 4. The first-order chi connectivity index (χ1) is 16.4. The summed E-state index contributed by atoms with van der Waals surface area (Å²) in [5, 5.41) is 36.3. The molecule has 12 nitrogen and oxygen atoms in total. The number of carbonyl (C=O) groups excluding carboxylic acids is 4. The minimum Gasteiger partial charge on any atom is -0.426 e. The first kappa shape index (κ1) is 30.0. The van der Waals surface area contributed by atoms with Crippen LogP contribution in [0, 0.1) is 5.92 Å². The molecule has 0 unspecified atom stereocenters. The number of benzene rings is 1. The number of carbonyl (C=O) groups is 4. The first-order valence-corrected chi connectivity index (χ1v) is 11.4. The van der Waals surface area contributed by atoms with Gasteiger partial charge in [-0.25, -0.2) is 0 Å². The summed E-state index contributed by atoms with van der Waals surface area (Å²) in [7, 11) is -1.80. The molecule has 0 saturated heterocycles. The van der Waals surface area contributed by atoms with E-state index in [9.17, 15) is 34.3 Å². The molecule has 0 spiro atoms. The van der Waals surface area contributed by atoms with Crippen molar-refractivity contribution in [2.75, 3.05) is 6.61 Å². The van der Waals surface area contributed by atoms with Gasteiger partial charge in [0.25, 0.3) is 0 Å². The highest BCUT2D eigenvalue weighted by Crippen LogP contribution is 2.09. The van der Waals surface area contributed by atoms with Gasteiger partial charge in [0, 0.05) is 12.8 Å². The molecular formula is C22H36BN5O7. The molecular weight excluding hydrogens is 457 g/mol. The van der Waals surface area contributed by atoms with E-state index in [1.54, 1.807) is 30.3 Å². The summed E-state index contributed by atoms with van der Waals surface area (Å²) >= 11 is 0. The van der Waals surface area contributed by atoms with E-state index in [2.05, 4.69) is 16.0 Å². The summed E-state index contributed by atoms with van der Waals surface area (Å²) in [6, 6.07) is 5.12. The Labute approximate surface area is 205 Å². The Hall–Kier alpha value is -3.00. The lowest BCUT2D eigenvalue weighted by molar-refractivity contribution is -0.133. The van der Waals surface area contributed by atoms with Gasteiger partial charge in [-0.05, 0) is 24.3 Å². The van der Waals surface area contributed by atoms with Crippen LogP contribution in [0.2, 0.25) is 0 Å². The number of rotatable bonds is 15. The smallest absolute Gasteiger partial charge is 0.426 e. The molecule has 0 bridgehead atoms. The standard InChI is InChI=1S/C22H36BN5O7/c1-13(2)10-18(23(34)35)28-21(32)16(11-14-6-4-3-5-7-14)26-22(33)17(12-29)27-20(31)15(24)8-9-19(25)30/h3-7,13,15-18,29,34-35H,8-12,24H2,1-2H3,(H2,25,30)(H,26,33)(H,27,31)(H,28,32)/t15-,16-,17-,18-/m0/s1. The van der Waals surface area contributed by atoms with Crippen LogP contribution in [-0.4, -0.2) is 76.6 Å². The fourth-order valence-electron chi connectivity index (χ4n) is 3.28. The van der Waals surface area contributed by atoms with Gasteiger partial charge in [0.15, 0.2) is 0 Å². The van der Waals surface area contributed by atoms with Crippen LogP contribution in [0.15, 0.2) is 30.3 Å². The number of hydrogen-bond acceptors (Lipinski definition) is 8. The van der Waals surface area contributed by atoms with Crippen molar-refractivity contribution in [3.63, 3.8) is 0 Å². The molecule has 0 heterocycles. The van der Waals surface area contributed by atoms with Gasteiger partial charge < -0.3 is 42.6 Å². The predicted octanol–water partition coefficient (Wildman–Crippen LogP) is -2.67. The van der Waals surface area contributed by atoms with Crippen molar-refractivity contribution in [3.8, 4) is 0 Å². The quantitative estimate of drug-likeness (QED) is 0.120. The zero-order chi connectivity index (χ0) is 26.5.